The number of rotatable bonds is 3. The molecule has 3 heterocycles. The van der Waals surface area contributed by atoms with Gasteiger partial charge in [-0.1, -0.05) is 12.1 Å². The predicted octanol–water partition coefficient (Wildman–Crippen LogP) is 0.543. The van der Waals surface area contributed by atoms with Gasteiger partial charge >= 0.3 is 5.69 Å². The number of piperidine rings is 1. The van der Waals surface area contributed by atoms with E-state index in [-0.39, 0.29) is 11.7 Å². The van der Waals surface area contributed by atoms with Gasteiger partial charge in [-0.3, -0.25) is 4.57 Å². The predicted molar refractivity (Wildman–Crippen MR) is 93.7 cm³/mol. The van der Waals surface area contributed by atoms with Crippen molar-refractivity contribution in [3.63, 3.8) is 0 Å². The van der Waals surface area contributed by atoms with Crippen LogP contribution in [-0.2, 0) is 14.9 Å². The highest BCUT2D eigenvalue weighted by Gasteiger charge is 2.34. The van der Waals surface area contributed by atoms with E-state index in [9.17, 15) is 13.2 Å². The first kappa shape index (κ1) is 16.8. The summed E-state index contributed by atoms with van der Waals surface area (Å²) < 4.78 is 35.5. The van der Waals surface area contributed by atoms with Gasteiger partial charge in [0.1, 0.15) is 0 Å². The van der Waals surface area contributed by atoms with E-state index in [2.05, 4.69) is 4.98 Å². The van der Waals surface area contributed by atoms with Crippen LogP contribution >= 0.6 is 0 Å². The Labute approximate surface area is 146 Å². The molecule has 4 rings (SSSR count). The molecule has 0 radical (unpaired) electrons. The summed E-state index contributed by atoms with van der Waals surface area (Å²) in [5.41, 5.74) is 1.56. The highest BCUT2D eigenvalue weighted by Crippen LogP contribution is 2.27. The SMILES string of the molecule is O=c1[nH]c2ccccc2n1C1CCN(S(=O)(=O)N2CCOCC2)CC1. The number of fused-ring (bicyclic) bond motifs is 1. The van der Waals surface area contributed by atoms with Gasteiger partial charge < -0.3 is 9.72 Å². The van der Waals surface area contributed by atoms with E-state index in [4.69, 9.17) is 4.74 Å². The van der Waals surface area contributed by atoms with Gasteiger partial charge in [-0.2, -0.15) is 17.0 Å². The zero-order valence-corrected chi connectivity index (χ0v) is 14.7. The van der Waals surface area contributed by atoms with E-state index < -0.39 is 10.2 Å². The Morgan fingerprint density at radius 3 is 2.36 bits per heavy atom. The summed E-state index contributed by atoms with van der Waals surface area (Å²) in [7, 11) is -3.44. The van der Waals surface area contributed by atoms with Gasteiger partial charge in [0.25, 0.3) is 10.2 Å². The molecule has 9 heteroatoms. The molecule has 2 aliphatic heterocycles. The normalized spacial score (nSPS) is 21.8. The van der Waals surface area contributed by atoms with Gasteiger partial charge in [-0.05, 0) is 25.0 Å². The number of hydrogen-bond donors (Lipinski definition) is 1. The largest absolute Gasteiger partial charge is 0.379 e. The van der Waals surface area contributed by atoms with Crippen LogP contribution in [0.5, 0.6) is 0 Å². The van der Waals surface area contributed by atoms with Crippen LogP contribution in [0.1, 0.15) is 18.9 Å². The fourth-order valence-electron chi connectivity index (χ4n) is 3.71. The Hall–Kier alpha value is -1.68. The number of imidazole rings is 1. The van der Waals surface area contributed by atoms with E-state index in [0.717, 1.165) is 11.0 Å². The quantitative estimate of drug-likeness (QED) is 0.859. The summed E-state index contributed by atoms with van der Waals surface area (Å²) in [6.45, 7) is 2.56. The maximum Gasteiger partial charge on any atom is 0.326 e. The standard InChI is InChI=1S/C16H22N4O4S/c21-16-17-14-3-1-2-4-15(14)20(16)13-5-7-18(8-6-13)25(22,23)19-9-11-24-12-10-19/h1-4,13H,5-12H2,(H,17,21). The number of morpholine rings is 1. The van der Waals surface area contributed by atoms with Gasteiger partial charge in [-0.15, -0.1) is 0 Å². The molecule has 0 spiro atoms. The molecule has 8 nitrogen and oxygen atoms in total. The number of aromatic nitrogens is 2. The Bertz CT molecular complexity index is 906. The highest BCUT2D eigenvalue weighted by molar-refractivity contribution is 7.86. The topological polar surface area (TPSA) is 87.6 Å². The number of para-hydroxylation sites is 2. The number of benzene rings is 1. The zero-order valence-electron chi connectivity index (χ0n) is 13.9. The third-order valence-electron chi connectivity index (χ3n) is 5.04. The minimum Gasteiger partial charge on any atom is -0.379 e. The van der Waals surface area contributed by atoms with Crippen molar-refractivity contribution in [1.29, 1.82) is 0 Å². The Morgan fingerprint density at radius 2 is 1.64 bits per heavy atom. The maximum absolute atomic E-state index is 12.7. The second-order valence-electron chi connectivity index (χ2n) is 6.47. The van der Waals surface area contributed by atoms with Gasteiger partial charge in [0, 0.05) is 32.2 Å². The molecular formula is C16H22N4O4S. The molecule has 25 heavy (non-hydrogen) atoms. The second-order valence-corrected chi connectivity index (χ2v) is 8.40. The smallest absolute Gasteiger partial charge is 0.326 e. The lowest BCUT2D eigenvalue weighted by Crippen LogP contribution is -2.51. The minimum atomic E-state index is -3.44. The van der Waals surface area contributed by atoms with Crippen LogP contribution in [0.4, 0.5) is 0 Å². The number of hydrogen-bond acceptors (Lipinski definition) is 4. The summed E-state index contributed by atoms with van der Waals surface area (Å²) >= 11 is 0. The van der Waals surface area contributed by atoms with Gasteiger partial charge in [0.05, 0.1) is 24.2 Å². The van der Waals surface area contributed by atoms with Crippen LogP contribution in [0.15, 0.2) is 29.1 Å². The molecule has 1 aromatic carbocycles. The first-order chi connectivity index (χ1) is 12.1. The summed E-state index contributed by atoms with van der Waals surface area (Å²) in [6, 6.07) is 7.61. The van der Waals surface area contributed by atoms with Crippen LogP contribution in [-0.4, -0.2) is 66.0 Å². The van der Waals surface area contributed by atoms with Crippen molar-refractivity contribution in [1.82, 2.24) is 18.2 Å². The van der Waals surface area contributed by atoms with Gasteiger partial charge in [0.15, 0.2) is 0 Å². The number of aromatic amines is 1. The second kappa shape index (κ2) is 6.56. The zero-order chi connectivity index (χ0) is 17.4. The monoisotopic (exact) mass is 366 g/mol. The molecule has 1 aromatic heterocycles. The van der Waals surface area contributed by atoms with Crippen molar-refractivity contribution >= 4 is 21.2 Å². The summed E-state index contributed by atoms with van der Waals surface area (Å²) in [6.07, 6.45) is 1.26. The van der Waals surface area contributed by atoms with E-state index in [0.29, 0.717) is 52.2 Å². The first-order valence-electron chi connectivity index (χ1n) is 8.59. The molecular weight excluding hydrogens is 344 g/mol. The van der Waals surface area contributed by atoms with Crippen molar-refractivity contribution in [3.8, 4) is 0 Å². The van der Waals surface area contributed by atoms with Crippen molar-refractivity contribution in [2.75, 3.05) is 39.4 Å². The lowest BCUT2D eigenvalue weighted by atomic mass is 10.1. The molecule has 1 N–H and O–H groups in total. The van der Waals surface area contributed by atoms with Crippen molar-refractivity contribution in [2.45, 2.75) is 18.9 Å². The molecule has 0 atom stereocenters. The Kier molecular flexibility index (Phi) is 4.40. The molecule has 2 aliphatic rings. The summed E-state index contributed by atoms with van der Waals surface area (Å²) in [4.78, 5) is 15.2. The number of H-pyrrole nitrogens is 1. The van der Waals surface area contributed by atoms with Gasteiger partial charge in [-0.25, -0.2) is 4.79 Å². The summed E-state index contributed by atoms with van der Waals surface area (Å²) in [5, 5.41) is 0. The van der Waals surface area contributed by atoms with E-state index in [1.165, 1.54) is 8.61 Å². The van der Waals surface area contributed by atoms with Crippen LogP contribution in [0.3, 0.4) is 0 Å². The first-order valence-corrected chi connectivity index (χ1v) is 9.99. The fraction of sp³-hybridized carbons (Fsp3) is 0.562. The molecule has 2 aromatic rings. The molecule has 0 amide bonds. The molecule has 2 fully saturated rings. The van der Waals surface area contributed by atoms with Crippen LogP contribution in [0, 0.1) is 0 Å². The highest BCUT2D eigenvalue weighted by atomic mass is 32.2. The molecule has 136 valence electrons. The maximum atomic E-state index is 12.7. The van der Waals surface area contributed by atoms with Crippen LogP contribution in [0.25, 0.3) is 11.0 Å². The third kappa shape index (κ3) is 3.01. The van der Waals surface area contributed by atoms with Crippen molar-refractivity contribution < 1.29 is 13.2 Å². The molecule has 0 bridgehead atoms. The average Bonchev–Trinajstić information content (AvgIpc) is 2.98. The average molecular weight is 366 g/mol. The number of nitrogens with one attached hydrogen (secondary N) is 1. The van der Waals surface area contributed by atoms with Gasteiger partial charge in [0.2, 0.25) is 0 Å². The van der Waals surface area contributed by atoms with Crippen LogP contribution < -0.4 is 5.69 Å². The van der Waals surface area contributed by atoms with Crippen molar-refractivity contribution in [2.24, 2.45) is 0 Å². The molecule has 2 saturated heterocycles. The fourth-order valence-corrected chi connectivity index (χ4v) is 5.32. The number of nitrogens with zero attached hydrogens (tertiary/aromatic N) is 3. The molecule has 0 unspecified atom stereocenters. The van der Waals surface area contributed by atoms with Crippen LogP contribution in [0.2, 0.25) is 0 Å². The number of ether oxygens (including phenoxy) is 1. The molecule has 0 saturated carbocycles. The summed E-state index contributed by atoms with van der Waals surface area (Å²) in [5.74, 6) is 0. The lowest BCUT2D eigenvalue weighted by Gasteiger charge is -2.36. The van der Waals surface area contributed by atoms with E-state index >= 15 is 0 Å². The lowest BCUT2D eigenvalue weighted by molar-refractivity contribution is 0.0693. The van der Waals surface area contributed by atoms with E-state index in [1.54, 1.807) is 4.57 Å². The minimum absolute atomic E-state index is 0.0137. The van der Waals surface area contributed by atoms with E-state index in [1.807, 2.05) is 24.3 Å². The Morgan fingerprint density at radius 1 is 1.00 bits per heavy atom. The van der Waals surface area contributed by atoms with Crippen molar-refractivity contribution in [3.05, 3.63) is 34.7 Å². The third-order valence-corrected chi connectivity index (χ3v) is 7.07. The Balaban J connectivity index is 1.51. The molecule has 0 aliphatic carbocycles.